The van der Waals surface area contributed by atoms with Gasteiger partial charge in [-0.1, -0.05) is 25.1 Å². The predicted octanol–water partition coefficient (Wildman–Crippen LogP) is 2.89. The van der Waals surface area contributed by atoms with E-state index in [1.54, 1.807) is 26.0 Å². The quantitative estimate of drug-likeness (QED) is 0.761. The first-order chi connectivity index (χ1) is 12.3. The van der Waals surface area contributed by atoms with Gasteiger partial charge in [-0.2, -0.15) is 4.31 Å². The van der Waals surface area contributed by atoms with Crippen LogP contribution in [0.2, 0.25) is 0 Å². The second-order valence-corrected chi connectivity index (χ2v) is 7.91. The lowest BCUT2D eigenvalue weighted by molar-refractivity contribution is -0.116. The van der Waals surface area contributed by atoms with Gasteiger partial charge < -0.3 is 9.84 Å². The molecule has 1 aromatic heterocycles. The SMILES string of the molecule is CCN(CC)S(=O)(=O)c1cccc(NC(=O)CCc2c(C)noc2C)c1. The van der Waals surface area contributed by atoms with Gasteiger partial charge in [0, 0.05) is 30.8 Å². The number of carbonyl (C=O) groups is 1. The van der Waals surface area contributed by atoms with Crippen molar-refractivity contribution < 1.29 is 17.7 Å². The normalized spacial score (nSPS) is 11.7. The second-order valence-electron chi connectivity index (χ2n) is 5.97. The Balaban J connectivity index is 2.07. The Kier molecular flexibility index (Phi) is 6.55. The number of nitrogens with one attached hydrogen (secondary N) is 1. The van der Waals surface area contributed by atoms with Gasteiger partial charge >= 0.3 is 0 Å². The van der Waals surface area contributed by atoms with Gasteiger partial charge in [0.15, 0.2) is 0 Å². The number of hydrogen-bond donors (Lipinski definition) is 1. The van der Waals surface area contributed by atoms with Crippen LogP contribution in [0.15, 0.2) is 33.7 Å². The molecule has 1 aromatic carbocycles. The van der Waals surface area contributed by atoms with Crippen LogP contribution in [0.4, 0.5) is 5.69 Å². The average molecular weight is 379 g/mol. The number of anilines is 1. The third-order valence-electron chi connectivity index (χ3n) is 4.24. The van der Waals surface area contributed by atoms with E-state index < -0.39 is 10.0 Å². The fourth-order valence-corrected chi connectivity index (χ4v) is 4.27. The summed E-state index contributed by atoms with van der Waals surface area (Å²) in [6.07, 6.45) is 0.778. The van der Waals surface area contributed by atoms with Gasteiger partial charge in [0.2, 0.25) is 15.9 Å². The van der Waals surface area contributed by atoms with Gasteiger partial charge in [0.1, 0.15) is 5.76 Å². The first kappa shape index (κ1) is 20.1. The molecule has 0 radical (unpaired) electrons. The molecule has 8 heteroatoms. The molecule has 2 aromatic rings. The molecule has 0 fully saturated rings. The number of aromatic nitrogens is 1. The first-order valence-electron chi connectivity index (χ1n) is 8.61. The van der Waals surface area contributed by atoms with Crippen LogP contribution in [0.3, 0.4) is 0 Å². The Hall–Kier alpha value is -2.19. The van der Waals surface area contributed by atoms with Crippen molar-refractivity contribution in [2.75, 3.05) is 18.4 Å². The van der Waals surface area contributed by atoms with Crippen molar-refractivity contribution in [1.82, 2.24) is 9.46 Å². The van der Waals surface area contributed by atoms with Crippen molar-refractivity contribution in [3.05, 3.63) is 41.3 Å². The van der Waals surface area contributed by atoms with E-state index in [1.165, 1.54) is 16.4 Å². The Labute approximate surface area is 154 Å². The van der Waals surface area contributed by atoms with Crippen LogP contribution < -0.4 is 5.32 Å². The van der Waals surface area contributed by atoms with E-state index in [1.807, 2.05) is 13.8 Å². The summed E-state index contributed by atoms with van der Waals surface area (Å²) in [5.74, 6) is 0.519. The molecule has 0 aliphatic heterocycles. The standard InChI is InChI=1S/C18H25N3O4S/c1-5-21(6-2)26(23,24)16-9-7-8-15(12-16)19-18(22)11-10-17-13(3)20-25-14(17)4/h7-9,12H,5-6,10-11H2,1-4H3,(H,19,22). The third-order valence-corrected chi connectivity index (χ3v) is 6.29. The molecule has 0 atom stereocenters. The molecule has 26 heavy (non-hydrogen) atoms. The lowest BCUT2D eigenvalue weighted by atomic mass is 10.1. The second kappa shape index (κ2) is 8.46. The maximum atomic E-state index is 12.6. The van der Waals surface area contributed by atoms with E-state index in [-0.39, 0.29) is 17.2 Å². The summed E-state index contributed by atoms with van der Waals surface area (Å²) >= 11 is 0. The van der Waals surface area contributed by atoms with Crippen LogP contribution in [0.1, 0.15) is 37.3 Å². The zero-order chi connectivity index (χ0) is 19.3. The molecule has 0 saturated heterocycles. The highest BCUT2D eigenvalue weighted by Gasteiger charge is 2.22. The molecule has 0 aliphatic rings. The van der Waals surface area contributed by atoms with Crippen molar-refractivity contribution in [3.63, 3.8) is 0 Å². The average Bonchev–Trinajstić information content (AvgIpc) is 2.92. The number of benzene rings is 1. The Morgan fingerprint density at radius 3 is 2.50 bits per heavy atom. The number of rotatable bonds is 8. The molecule has 0 saturated carbocycles. The van der Waals surface area contributed by atoms with Crippen LogP contribution in [-0.4, -0.2) is 36.9 Å². The van der Waals surface area contributed by atoms with Gasteiger partial charge in [-0.3, -0.25) is 4.79 Å². The van der Waals surface area contributed by atoms with Crippen molar-refractivity contribution in [2.24, 2.45) is 0 Å². The van der Waals surface area contributed by atoms with Gasteiger partial charge in [-0.05, 0) is 38.5 Å². The summed E-state index contributed by atoms with van der Waals surface area (Å²) < 4.78 is 31.6. The summed E-state index contributed by atoms with van der Waals surface area (Å²) in [6.45, 7) is 8.03. The molecule has 0 aliphatic carbocycles. The Bertz CT molecular complexity index is 851. The minimum Gasteiger partial charge on any atom is -0.361 e. The van der Waals surface area contributed by atoms with Crippen LogP contribution in [0.25, 0.3) is 0 Å². The van der Waals surface area contributed by atoms with Crippen LogP contribution in [-0.2, 0) is 21.2 Å². The van der Waals surface area contributed by atoms with Crippen LogP contribution in [0, 0.1) is 13.8 Å². The van der Waals surface area contributed by atoms with E-state index in [4.69, 9.17) is 4.52 Å². The van der Waals surface area contributed by atoms with Crippen molar-refractivity contribution in [3.8, 4) is 0 Å². The molecular weight excluding hydrogens is 354 g/mol. The Morgan fingerprint density at radius 2 is 1.92 bits per heavy atom. The topological polar surface area (TPSA) is 92.5 Å². The van der Waals surface area contributed by atoms with Gasteiger partial charge in [-0.25, -0.2) is 8.42 Å². The zero-order valence-electron chi connectivity index (χ0n) is 15.6. The lowest BCUT2D eigenvalue weighted by Gasteiger charge is -2.18. The molecular formula is C18H25N3O4S. The Morgan fingerprint density at radius 1 is 1.23 bits per heavy atom. The molecule has 2 rings (SSSR count). The van der Waals surface area contributed by atoms with E-state index >= 15 is 0 Å². The van der Waals surface area contributed by atoms with Crippen molar-refractivity contribution >= 4 is 21.6 Å². The summed E-state index contributed by atoms with van der Waals surface area (Å²) in [6, 6.07) is 6.32. The number of hydrogen-bond acceptors (Lipinski definition) is 5. The maximum Gasteiger partial charge on any atom is 0.243 e. The van der Waals surface area contributed by atoms with Crippen LogP contribution >= 0.6 is 0 Å². The first-order valence-corrected chi connectivity index (χ1v) is 10.0. The monoisotopic (exact) mass is 379 g/mol. The smallest absolute Gasteiger partial charge is 0.243 e. The molecule has 1 heterocycles. The molecule has 1 N–H and O–H groups in total. The minimum absolute atomic E-state index is 0.171. The summed E-state index contributed by atoms with van der Waals surface area (Å²) in [7, 11) is -3.56. The highest BCUT2D eigenvalue weighted by Crippen LogP contribution is 2.20. The number of sulfonamides is 1. The molecule has 0 bridgehead atoms. The molecule has 7 nitrogen and oxygen atoms in total. The van der Waals surface area contributed by atoms with E-state index in [9.17, 15) is 13.2 Å². The lowest BCUT2D eigenvalue weighted by Crippen LogP contribution is -2.30. The highest BCUT2D eigenvalue weighted by molar-refractivity contribution is 7.89. The predicted molar refractivity (Wildman–Crippen MR) is 99.5 cm³/mol. The number of amides is 1. The summed E-state index contributed by atoms with van der Waals surface area (Å²) in [5, 5.41) is 6.63. The number of nitrogens with zero attached hydrogens (tertiary/aromatic N) is 2. The van der Waals surface area contributed by atoms with Crippen LogP contribution in [0.5, 0.6) is 0 Å². The van der Waals surface area contributed by atoms with Gasteiger partial charge in [-0.15, -0.1) is 0 Å². The molecule has 0 unspecified atom stereocenters. The zero-order valence-corrected chi connectivity index (χ0v) is 16.4. The molecule has 0 spiro atoms. The van der Waals surface area contributed by atoms with E-state index in [0.29, 0.717) is 31.0 Å². The van der Waals surface area contributed by atoms with Gasteiger partial charge in [0.05, 0.1) is 10.6 Å². The number of carbonyl (C=O) groups excluding carboxylic acids is 1. The molecule has 142 valence electrons. The third kappa shape index (κ3) is 4.50. The van der Waals surface area contributed by atoms with E-state index in [2.05, 4.69) is 10.5 Å². The number of aryl methyl sites for hydroxylation is 2. The van der Waals surface area contributed by atoms with Gasteiger partial charge in [0.25, 0.3) is 0 Å². The fourth-order valence-electron chi connectivity index (χ4n) is 2.77. The molecule has 1 amide bonds. The van der Waals surface area contributed by atoms with E-state index in [0.717, 1.165) is 11.3 Å². The van der Waals surface area contributed by atoms with Crippen molar-refractivity contribution in [1.29, 1.82) is 0 Å². The minimum atomic E-state index is -3.56. The largest absolute Gasteiger partial charge is 0.361 e. The fraction of sp³-hybridized carbons (Fsp3) is 0.444. The summed E-state index contributed by atoms with van der Waals surface area (Å²) in [5.41, 5.74) is 2.17. The maximum absolute atomic E-state index is 12.6. The van der Waals surface area contributed by atoms with Crippen molar-refractivity contribution in [2.45, 2.75) is 45.4 Å². The highest BCUT2D eigenvalue weighted by atomic mass is 32.2. The summed E-state index contributed by atoms with van der Waals surface area (Å²) in [4.78, 5) is 12.4.